The summed E-state index contributed by atoms with van der Waals surface area (Å²) in [6.07, 6.45) is 0.0423. The minimum Gasteiger partial charge on any atom is -0.494 e. The molecule has 0 bridgehead atoms. The van der Waals surface area contributed by atoms with Crippen LogP contribution in [0.2, 0.25) is 0 Å². The number of nitrogens with one attached hydrogen (secondary N) is 2. The van der Waals surface area contributed by atoms with Crippen LogP contribution < -0.4 is 20.1 Å². The topological polar surface area (TPSA) is 59.6 Å². The molecule has 0 saturated carbocycles. The summed E-state index contributed by atoms with van der Waals surface area (Å²) in [5, 5.41) is 5.86. The van der Waals surface area contributed by atoms with Gasteiger partial charge in [-0.15, -0.1) is 0 Å². The monoisotopic (exact) mass is 358 g/mol. The van der Waals surface area contributed by atoms with Gasteiger partial charge in [0, 0.05) is 11.3 Å². The molecule has 2 rings (SSSR count). The van der Waals surface area contributed by atoms with E-state index in [-0.39, 0.29) is 17.1 Å². The smallest absolute Gasteiger partial charge is 0.257 e. The minimum absolute atomic E-state index is 0.0423. The number of ether oxygens (including phenoxy) is 2. The molecule has 2 aromatic carbocycles. The van der Waals surface area contributed by atoms with Crippen molar-refractivity contribution in [1.29, 1.82) is 0 Å². The molecule has 0 atom stereocenters. The normalized spacial score (nSPS) is 10.2. The van der Waals surface area contributed by atoms with E-state index >= 15 is 0 Å². The van der Waals surface area contributed by atoms with Crippen molar-refractivity contribution < 1.29 is 14.3 Å². The van der Waals surface area contributed by atoms with Gasteiger partial charge in [0.15, 0.2) is 5.11 Å². The van der Waals surface area contributed by atoms with Crippen LogP contribution >= 0.6 is 12.2 Å². The average molecular weight is 358 g/mol. The number of hydrogen-bond acceptors (Lipinski definition) is 4. The van der Waals surface area contributed by atoms with E-state index in [9.17, 15) is 4.79 Å². The van der Waals surface area contributed by atoms with Crippen molar-refractivity contribution in [2.24, 2.45) is 0 Å². The number of rotatable bonds is 6. The molecule has 0 aliphatic heterocycles. The standard InChI is InChI=1S/C19H22N2O3S/c1-4-23-16-10-8-15(9-11-16)20-19(25)21-18(22)14-6-5-7-17(12-14)24-13(2)3/h5-13H,4H2,1-3H3,(H2,20,21,22,25). The van der Waals surface area contributed by atoms with E-state index in [1.165, 1.54) is 0 Å². The van der Waals surface area contributed by atoms with Crippen molar-refractivity contribution >= 4 is 28.9 Å². The van der Waals surface area contributed by atoms with Gasteiger partial charge in [0.2, 0.25) is 0 Å². The van der Waals surface area contributed by atoms with Gasteiger partial charge in [-0.25, -0.2) is 0 Å². The van der Waals surface area contributed by atoms with Crippen molar-refractivity contribution in [3.8, 4) is 11.5 Å². The molecule has 0 saturated heterocycles. The van der Waals surface area contributed by atoms with Crippen LogP contribution in [0.15, 0.2) is 48.5 Å². The first-order chi connectivity index (χ1) is 12.0. The average Bonchev–Trinajstić information content (AvgIpc) is 2.56. The second-order valence-electron chi connectivity index (χ2n) is 5.56. The number of anilines is 1. The van der Waals surface area contributed by atoms with Crippen molar-refractivity contribution in [3.05, 3.63) is 54.1 Å². The van der Waals surface area contributed by atoms with E-state index in [0.29, 0.717) is 17.9 Å². The molecule has 0 spiro atoms. The van der Waals surface area contributed by atoms with Crippen LogP contribution in [0.5, 0.6) is 11.5 Å². The van der Waals surface area contributed by atoms with Crippen LogP contribution in [0, 0.1) is 0 Å². The molecule has 2 aromatic rings. The third-order valence-electron chi connectivity index (χ3n) is 3.12. The van der Waals surface area contributed by atoms with Gasteiger partial charge in [-0.1, -0.05) is 6.07 Å². The van der Waals surface area contributed by atoms with Gasteiger partial charge in [0.1, 0.15) is 11.5 Å². The van der Waals surface area contributed by atoms with E-state index in [2.05, 4.69) is 10.6 Å². The molecule has 0 fully saturated rings. The molecule has 0 heterocycles. The zero-order valence-corrected chi connectivity index (χ0v) is 15.4. The van der Waals surface area contributed by atoms with Crippen LogP contribution in [0.25, 0.3) is 0 Å². The predicted molar refractivity (Wildman–Crippen MR) is 104 cm³/mol. The van der Waals surface area contributed by atoms with E-state index in [1.807, 2.05) is 51.1 Å². The molecule has 0 aromatic heterocycles. The Balaban J connectivity index is 1.94. The Morgan fingerprint density at radius 1 is 1.12 bits per heavy atom. The highest BCUT2D eigenvalue weighted by Crippen LogP contribution is 2.16. The summed E-state index contributed by atoms with van der Waals surface area (Å²) < 4.78 is 11.0. The molecule has 6 heteroatoms. The number of amides is 1. The zero-order chi connectivity index (χ0) is 18.2. The van der Waals surface area contributed by atoms with Gasteiger partial charge in [0.05, 0.1) is 12.7 Å². The van der Waals surface area contributed by atoms with Gasteiger partial charge in [0.25, 0.3) is 5.91 Å². The minimum atomic E-state index is -0.294. The van der Waals surface area contributed by atoms with Crippen LogP contribution in [-0.2, 0) is 0 Å². The summed E-state index contributed by atoms with van der Waals surface area (Å²) in [6, 6.07) is 14.3. The van der Waals surface area contributed by atoms with E-state index in [4.69, 9.17) is 21.7 Å². The third-order valence-corrected chi connectivity index (χ3v) is 3.32. The Hall–Kier alpha value is -2.60. The summed E-state index contributed by atoms with van der Waals surface area (Å²) in [4.78, 5) is 12.3. The Kier molecular flexibility index (Phi) is 6.77. The second kappa shape index (κ2) is 9.03. The number of benzene rings is 2. The molecular formula is C19H22N2O3S. The Bertz CT molecular complexity index is 730. The highest BCUT2D eigenvalue weighted by atomic mass is 32.1. The van der Waals surface area contributed by atoms with Gasteiger partial charge in [-0.2, -0.15) is 0 Å². The van der Waals surface area contributed by atoms with Crippen LogP contribution in [0.4, 0.5) is 5.69 Å². The molecule has 132 valence electrons. The Morgan fingerprint density at radius 3 is 2.48 bits per heavy atom. The summed E-state index contributed by atoms with van der Waals surface area (Å²) in [5.74, 6) is 1.13. The summed E-state index contributed by atoms with van der Waals surface area (Å²) in [5.41, 5.74) is 1.25. The third kappa shape index (κ3) is 6.08. The highest BCUT2D eigenvalue weighted by Gasteiger charge is 2.10. The van der Waals surface area contributed by atoms with Crippen LogP contribution in [0.1, 0.15) is 31.1 Å². The lowest BCUT2D eigenvalue weighted by Gasteiger charge is -2.12. The summed E-state index contributed by atoms with van der Waals surface area (Å²) in [7, 11) is 0. The maximum atomic E-state index is 12.3. The largest absolute Gasteiger partial charge is 0.494 e. The Labute approximate surface area is 153 Å². The zero-order valence-electron chi connectivity index (χ0n) is 14.5. The lowest BCUT2D eigenvalue weighted by atomic mass is 10.2. The molecule has 1 amide bonds. The van der Waals surface area contributed by atoms with Gasteiger partial charge >= 0.3 is 0 Å². The first-order valence-electron chi connectivity index (χ1n) is 8.10. The maximum absolute atomic E-state index is 12.3. The first-order valence-corrected chi connectivity index (χ1v) is 8.50. The SMILES string of the molecule is CCOc1ccc(NC(=S)NC(=O)c2cccc(OC(C)C)c2)cc1. The summed E-state index contributed by atoms with van der Waals surface area (Å²) in [6.45, 7) is 6.41. The van der Waals surface area contributed by atoms with Gasteiger partial charge in [-0.05, 0) is 75.5 Å². The fourth-order valence-electron chi connectivity index (χ4n) is 2.12. The number of thiocarbonyl (C=S) groups is 1. The fraction of sp³-hybridized carbons (Fsp3) is 0.263. The fourth-order valence-corrected chi connectivity index (χ4v) is 2.33. The number of carbonyl (C=O) groups is 1. The molecule has 0 aliphatic rings. The highest BCUT2D eigenvalue weighted by molar-refractivity contribution is 7.80. The summed E-state index contributed by atoms with van der Waals surface area (Å²) >= 11 is 5.19. The van der Waals surface area contributed by atoms with Gasteiger partial charge < -0.3 is 14.8 Å². The lowest BCUT2D eigenvalue weighted by Crippen LogP contribution is -2.34. The van der Waals surface area contributed by atoms with E-state index in [1.54, 1.807) is 18.2 Å². The van der Waals surface area contributed by atoms with Crippen LogP contribution in [0.3, 0.4) is 0 Å². The molecule has 25 heavy (non-hydrogen) atoms. The van der Waals surface area contributed by atoms with Crippen LogP contribution in [-0.4, -0.2) is 23.7 Å². The molecule has 0 radical (unpaired) electrons. The predicted octanol–water partition coefficient (Wildman–Crippen LogP) is 4.00. The van der Waals surface area contributed by atoms with Crippen molar-refractivity contribution in [2.75, 3.05) is 11.9 Å². The Morgan fingerprint density at radius 2 is 1.84 bits per heavy atom. The quantitative estimate of drug-likeness (QED) is 0.765. The molecule has 5 nitrogen and oxygen atoms in total. The lowest BCUT2D eigenvalue weighted by molar-refractivity contribution is 0.0977. The molecule has 0 aliphatic carbocycles. The van der Waals surface area contributed by atoms with Crippen molar-refractivity contribution in [3.63, 3.8) is 0 Å². The maximum Gasteiger partial charge on any atom is 0.257 e. The van der Waals surface area contributed by atoms with E-state index in [0.717, 1.165) is 11.4 Å². The first kappa shape index (κ1) is 18.7. The molecule has 2 N–H and O–H groups in total. The van der Waals surface area contributed by atoms with Gasteiger partial charge in [-0.3, -0.25) is 10.1 Å². The molecule has 0 unspecified atom stereocenters. The molecular weight excluding hydrogens is 336 g/mol. The second-order valence-corrected chi connectivity index (χ2v) is 5.97. The van der Waals surface area contributed by atoms with Crippen molar-refractivity contribution in [1.82, 2.24) is 5.32 Å². The number of hydrogen-bond donors (Lipinski definition) is 2. The van der Waals surface area contributed by atoms with Crippen molar-refractivity contribution in [2.45, 2.75) is 26.9 Å². The van der Waals surface area contributed by atoms with E-state index < -0.39 is 0 Å². The number of carbonyl (C=O) groups excluding carboxylic acids is 1.